The lowest BCUT2D eigenvalue weighted by atomic mass is 9.98. The number of aliphatic carboxylic acids is 1. The lowest BCUT2D eigenvalue weighted by Crippen LogP contribution is -2.50. The topological polar surface area (TPSA) is 49.8 Å². The van der Waals surface area contributed by atoms with Crippen LogP contribution in [-0.2, 0) is 9.53 Å². The van der Waals surface area contributed by atoms with Gasteiger partial charge >= 0.3 is 5.97 Å². The highest BCUT2D eigenvalue weighted by atomic mass is 32.2. The zero-order valence-electron chi connectivity index (χ0n) is 10.5. The van der Waals surface area contributed by atoms with Crippen LogP contribution in [0.1, 0.15) is 19.8 Å². The monoisotopic (exact) mass is 259 g/mol. The van der Waals surface area contributed by atoms with E-state index in [4.69, 9.17) is 4.74 Å². The van der Waals surface area contributed by atoms with Crippen molar-refractivity contribution in [1.29, 1.82) is 0 Å². The number of ether oxygens (including phenoxy) is 1. The SMILES string of the molecule is CC1SCCCC1N(C)C1COCC1C(=O)O. The lowest BCUT2D eigenvalue weighted by molar-refractivity contribution is -0.143. The van der Waals surface area contributed by atoms with Gasteiger partial charge in [0.1, 0.15) is 0 Å². The van der Waals surface area contributed by atoms with Gasteiger partial charge in [-0.25, -0.2) is 0 Å². The molecule has 2 saturated heterocycles. The van der Waals surface area contributed by atoms with Crippen LogP contribution in [0, 0.1) is 5.92 Å². The third kappa shape index (κ3) is 2.77. The van der Waals surface area contributed by atoms with Gasteiger partial charge < -0.3 is 9.84 Å². The first-order chi connectivity index (χ1) is 8.11. The van der Waals surface area contributed by atoms with Gasteiger partial charge in [0.15, 0.2) is 0 Å². The van der Waals surface area contributed by atoms with Crippen LogP contribution in [0.3, 0.4) is 0 Å². The van der Waals surface area contributed by atoms with Crippen molar-refractivity contribution in [2.75, 3.05) is 26.0 Å². The minimum absolute atomic E-state index is 0.0404. The molecule has 0 bridgehead atoms. The van der Waals surface area contributed by atoms with E-state index in [9.17, 15) is 9.90 Å². The van der Waals surface area contributed by atoms with Gasteiger partial charge in [-0.05, 0) is 25.6 Å². The second-order valence-corrected chi connectivity index (χ2v) is 6.49. The molecule has 4 nitrogen and oxygen atoms in total. The summed E-state index contributed by atoms with van der Waals surface area (Å²) in [7, 11) is 2.06. The van der Waals surface area contributed by atoms with E-state index in [0.717, 1.165) is 0 Å². The molecule has 1 N–H and O–H groups in total. The summed E-state index contributed by atoms with van der Waals surface area (Å²) in [6, 6.07) is 0.529. The van der Waals surface area contributed by atoms with E-state index in [2.05, 4.69) is 18.9 Å². The van der Waals surface area contributed by atoms with E-state index in [1.54, 1.807) is 0 Å². The second-order valence-electron chi connectivity index (χ2n) is 5.00. The minimum atomic E-state index is -0.726. The van der Waals surface area contributed by atoms with Crippen LogP contribution in [-0.4, -0.2) is 59.3 Å². The highest BCUT2D eigenvalue weighted by molar-refractivity contribution is 7.99. The molecule has 5 heteroatoms. The quantitative estimate of drug-likeness (QED) is 0.828. The van der Waals surface area contributed by atoms with Crippen molar-refractivity contribution in [3.05, 3.63) is 0 Å². The molecule has 0 aliphatic carbocycles. The molecule has 0 aromatic heterocycles. The van der Waals surface area contributed by atoms with E-state index in [-0.39, 0.29) is 12.0 Å². The van der Waals surface area contributed by atoms with Crippen LogP contribution in [0.2, 0.25) is 0 Å². The van der Waals surface area contributed by atoms with E-state index in [1.165, 1.54) is 18.6 Å². The molecule has 0 saturated carbocycles. The molecular formula is C12H21NO3S. The summed E-state index contributed by atoms with van der Waals surface area (Å²) in [5.41, 5.74) is 0. The lowest BCUT2D eigenvalue weighted by Gasteiger charge is -2.39. The van der Waals surface area contributed by atoms with Crippen molar-refractivity contribution < 1.29 is 14.6 Å². The van der Waals surface area contributed by atoms with Gasteiger partial charge in [0.25, 0.3) is 0 Å². The van der Waals surface area contributed by atoms with Crippen molar-refractivity contribution >= 4 is 17.7 Å². The molecule has 0 amide bonds. The smallest absolute Gasteiger partial charge is 0.310 e. The molecule has 2 fully saturated rings. The summed E-state index contributed by atoms with van der Waals surface area (Å²) in [5, 5.41) is 9.77. The van der Waals surface area contributed by atoms with E-state index >= 15 is 0 Å². The van der Waals surface area contributed by atoms with Crippen molar-refractivity contribution in [2.24, 2.45) is 5.92 Å². The first-order valence-electron chi connectivity index (χ1n) is 6.25. The fourth-order valence-electron chi connectivity index (χ4n) is 2.87. The van der Waals surface area contributed by atoms with E-state index in [0.29, 0.717) is 24.5 Å². The maximum Gasteiger partial charge on any atom is 0.310 e. The maximum absolute atomic E-state index is 11.2. The van der Waals surface area contributed by atoms with E-state index in [1.807, 2.05) is 11.8 Å². The molecule has 0 spiro atoms. The molecule has 0 aromatic rings. The van der Waals surface area contributed by atoms with E-state index < -0.39 is 5.97 Å². The third-order valence-electron chi connectivity index (χ3n) is 3.98. The summed E-state index contributed by atoms with van der Waals surface area (Å²) in [4.78, 5) is 13.4. The summed E-state index contributed by atoms with van der Waals surface area (Å²) in [6.07, 6.45) is 2.41. The average molecular weight is 259 g/mol. The van der Waals surface area contributed by atoms with Crippen LogP contribution in [0.25, 0.3) is 0 Å². The summed E-state index contributed by atoms with van der Waals surface area (Å²) in [6.45, 7) is 3.16. The zero-order chi connectivity index (χ0) is 12.4. The van der Waals surface area contributed by atoms with Gasteiger partial charge in [0.05, 0.1) is 19.1 Å². The molecule has 2 rings (SSSR count). The Morgan fingerprint density at radius 2 is 2.18 bits per heavy atom. The normalized spacial score (nSPS) is 38.5. The standard InChI is InChI=1S/C12H21NO3S/c1-8-10(4-3-5-17-8)13(2)11-7-16-6-9(11)12(14)15/h8-11H,3-7H2,1-2H3,(H,14,15). The fraction of sp³-hybridized carbons (Fsp3) is 0.917. The molecule has 4 unspecified atom stereocenters. The summed E-state index contributed by atoms with van der Waals surface area (Å²) < 4.78 is 5.35. The second kappa shape index (κ2) is 5.59. The van der Waals surface area contributed by atoms with Gasteiger partial charge in [0, 0.05) is 17.3 Å². The van der Waals surface area contributed by atoms with Gasteiger partial charge in [0.2, 0.25) is 0 Å². The summed E-state index contributed by atoms with van der Waals surface area (Å²) >= 11 is 1.99. The average Bonchev–Trinajstić information content (AvgIpc) is 2.77. The molecule has 17 heavy (non-hydrogen) atoms. The Hall–Kier alpha value is -0.260. The Kier molecular flexibility index (Phi) is 4.33. The molecule has 0 radical (unpaired) electrons. The summed E-state index contributed by atoms with van der Waals surface area (Å²) in [5.74, 6) is 0.143. The van der Waals surface area contributed by atoms with Gasteiger partial charge in [-0.2, -0.15) is 11.8 Å². The van der Waals surface area contributed by atoms with Crippen molar-refractivity contribution in [2.45, 2.75) is 37.1 Å². The van der Waals surface area contributed by atoms with Crippen LogP contribution in [0.15, 0.2) is 0 Å². The molecule has 0 aromatic carbocycles. The number of nitrogens with zero attached hydrogens (tertiary/aromatic N) is 1. The number of thioether (sulfide) groups is 1. The number of carboxylic acid groups (broad SMARTS) is 1. The van der Waals surface area contributed by atoms with Gasteiger partial charge in [-0.15, -0.1) is 0 Å². The number of likely N-dealkylation sites (N-methyl/N-ethyl adjacent to an activating group) is 1. The minimum Gasteiger partial charge on any atom is -0.481 e. The Morgan fingerprint density at radius 3 is 2.82 bits per heavy atom. The predicted molar refractivity (Wildman–Crippen MR) is 68.4 cm³/mol. The number of carbonyl (C=O) groups is 1. The number of hydrogen-bond acceptors (Lipinski definition) is 4. The molecule has 98 valence electrons. The van der Waals surface area contributed by atoms with Crippen molar-refractivity contribution in [1.82, 2.24) is 4.90 Å². The van der Waals surface area contributed by atoms with Crippen LogP contribution >= 0.6 is 11.8 Å². The number of rotatable bonds is 3. The van der Waals surface area contributed by atoms with Crippen LogP contribution in [0.4, 0.5) is 0 Å². The van der Waals surface area contributed by atoms with Crippen molar-refractivity contribution in [3.8, 4) is 0 Å². The van der Waals surface area contributed by atoms with Crippen LogP contribution in [0.5, 0.6) is 0 Å². The van der Waals surface area contributed by atoms with Gasteiger partial charge in [-0.1, -0.05) is 6.92 Å². The number of carboxylic acids is 1. The predicted octanol–water partition coefficient (Wildman–Crippen LogP) is 1.30. The molecule has 2 heterocycles. The molecular weight excluding hydrogens is 238 g/mol. The molecule has 2 aliphatic rings. The molecule has 2 aliphatic heterocycles. The Morgan fingerprint density at radius 1 is 1.41 bits per heavy atom. The highest BCUT2D eigenvalue weighted by Gasteiger charge is 2.40. The van der Waals surface area contributed by atoms with Gasteiger partial charge in [-0.3, -0.25) is 9.69 Å². The van der Waals surface area contributed by atoms with Crippen molar-refractivity contribution in [3.63, 3.8) is 0 Å². The third-order valence-corrected chi connectivity index (χ3v) is 5.35. The largest absolute Gasteiger partial charge is 0.481 e. The van der Waals surface area contributed by atoms with Crippen LogP contribution < -0.4 is 0 Å². The fourth-order valence-corrected chi connectivity index (χ4v) is 4.12. The molecule has 4 atom stereocenters. The first-order valence-corrected chi connectivity index (χ1v) is 7.30. The first kappa shape index (κ1) is 13.2. The highest BCUT2D eigenvalue weighted by Crippen LogP contribution is 2.31. The Balaban J connectivity index is 2.02. The Labute approximate surface area is 107 Å². The Bertz CT molecular complexity index is 287. The maximum atomic E-state index is 11.2. The zero-order valence-corrected chi connectivity index (χ0v) is 11.3. The number of hydrogen-bond donors (Lipinski definition) is 1.